The number of hydrogen-bond donors (Lipinski definition) is 1. The Bertz CT molecular complexity index is 895. The molecule has 138 valence electrons. The van der Waals surface area contributed by atoms with Crippen LogP contribution in [0.3, 0.4) is 0 Å². The molecule has 3 fully saturated rings. The van der Waals surface area contributed by atoms with Gasteiger partial charge in [0.05, 0.1) is 25.4 Å². The Kier molecular flexibility index (Phi) is 3.55. The van der Waals surface area contributed by atoms with Crippen LogP contribution >= 0.6 is 11.6 Å². The third kappa shape index (κ3) is 2.15. The first-order valence-corrected chi connectivity index (χ1v) is 9.27. The van der Waals surface area contributed by atoms with E-state index in [1.807, 2.05) is 0 Å². The zero-order chi connectivity index (χ0) is 18.1. The number of aliphatic hydroxyl groups excluding tert-OH is 1. The zero-order valence-electron chi connectivity index (χ0n) is 14.4. The van der Waals surface area contributed by atoms with E-state index >= 15 is 0 Å². The molecule has 0 unspecified atom stereocenters. The smallest absolute Gasteiger partial charge is 0.289 e. The van der Waals surface area contributed by atoms with Crippen molar-refractivity contribution in [2.45, 2.75) is 24.5 Å². The number of nitrogens with zero attached hydrogens (tertiary/aromatic N) is 1. The molecule has 0 aliphatic carbocycles. The molecule has 1 N–H and O–H groups in total. The Morgan fingerprint density at radius 2 is 2.31 bits per heavy atom. The summed E-state index contributed by atoms with van der Waals surface area (Å²) in [5, 5.41) is 11.0. The van der Waals surface area contributed by atoms with Gasteiger partial charge in [0, 0.05) is 41.5 Å². The van der Waals surface area contributed by atoms with Gasteiger partial charge >= 0.3 is 0 Å². The highest BCUT2D eigenvalue weighted by molar-refractivity contribution is 6.31. The summed E-state index contributed by atoms with van der Waals surface area (Å²) in [6.45, 7) is 1.26. The average Bonchev–Trinajstić information content (AvgIpc) is 3.37. The molecule has 1 amide bonds. The van der Waals surface area contributed by atoms with Gasteiger partial charge in [0.2, 0.25) is 0 Å². The van der Waals surface area contributed by atoms with Crippen molar-refractivity contribution in [3.05, 3.63) is 29.0 Å². The van der Waals surface area contributed by atoms with E-state index in [-0.39, 0.29) is 41.8 Å². The van der Waals surface area contributed by atoms with Crippen LogP contribution < -0.4 is 4.74 Å². The first-order valence-electron chi connectivity index (χ1n) is 8.90. The van der Waals surface area contributed by atoms with E-state index in [2.05, 4.69) is 0 Å². The van der Waals surface area contributed by atoms with Gasteiger partial charge in [-0.05, 0) is 25.0 Å². The summed E-state index contributed by atoms with van der Waals surface area (Å²) in [5.41, 5.74) is 0.226. The number of ether oxygens (including phenoxy) is 2. The maximum atomic E-state index is 13.0. The van der Waals surface area contributed by atoms with Gasteiger partial charge in [-0.3, -0.25) is 4.79 Å². The third-order valence-electron chi connectivity index (χ3n) is 6.26. The lowest BCUT2D eigenvalue weighted by atomic mass is 9.74. The third-order valence-corrected chi connectivity index (χ3v) is 6.48. The second-order valence-electron chi connectivity index (χ2n) is 7.54. The quantitative estimate of drug-likeness (QED) is 0.890. The maximum Gasteiger partial charge on any atom is 0.289 e. The Balaban J connectivity index is 1.45. The van der Waals surface area contributed by atoms with Crippen LogP contribution in [-0.4, -0.2) is 54.4 Å². The largest absolute Gasteiger partial charge is 0.493 e. The number of carbonyl (C=O) groups is 1. The van der Waals surface area contributed by atoms with Gasteiger partial charge in [-0.25, -0.2) is 0 Å². The van der Waals surface area contributed by atoms with E-state index < -0.39 is 0 Å². The first kappa shape index (κ1) is 16.4. The fraction of sp³-hybridized carbons (Fsp3) is 0.526. The summed E-state index contributed by atoms with van der Waals surface area (Å²) in [6, 6.07) is 5.13. The minimum atomic E-state index is -0.291. The molecule has 1 aromatic heterocycles. The highest BCUT2D eigenvalue weighted by Crippen LogP contribution is 2.54. The van der Waals surface area contributed by atoms with E-state index in [0.29, 0.717) is 29.4 Å². The molecule has 3 aliphatic rings. The molecular formula is C19H20ClNO5. The predicted molar refractivity (Wildman–Crippen MR) is 94.6 cm³/mol. The second kappa shape index (κ2) is 5.62. The highest BCUT2D eigenvalue weighted by atomic mass is 35.5. The number of rotatable bonds is 3. The van der Waals surface area contributed by atoms with Gasteiger partial charge < -0.3 is 23.9 Å². The molecule has 3 saturated heterocycles. The number of hydrogen-bond acceptors (Lipinski definition) is 5. The first-order chi connectivity index (χ1) is 12.5. The molecule has 1 aromatic carbocycles. The number of furan rings is 1. The van der Waals surface area contributed by atoms with Crippen molar-refractivity contribution in [1.29, 1.82) is 0 Å². The summed E-state index contributed by atoms with van der Waals surface area (Å²) in [5.74, 6) is 0.935. The Morgan fingerprint density at radius 1 is 1.46 bits per heavy atom. The van der Waals surface area contributed by atoms with Crippen LogP contribution in [0.1, 0.15) is 23.4 Å². The van der Waals surface area contributed by atoms with Gasteiger partial charge in [0.1, 0.15) is 0 Å². The zero-order valence-corrected chi connectivity index (χ0v) is 15.2. The molecule has 4 atom stereocenters. The van der Waals surface area contributed by atoms with Crippen molar-refractivity contribution >= 4 is 28.5 Å². The van der Waals surface area contributed by atoms with Crippen molar-refractivity contribution < 1.29 is 23.8 Å². The van der Waals surface area contributed by atoms with Crippen LogP contribution in [0.4, 0.5) is 0 Å². The van der Waals surface area contributed by atoms with Crippen LogP contribution in [-0.2, 0) is 4.74 Å². The topological polar surface area (TPSA) is 72.1 Å². The minimum absolute atomic E-state index is 0.111. The monoisotopic (exact) mass is 377 g/mol. The number of amides is 1. The van der Waals surface area contributed by atoms with Gasteiger partial charge in [0.25, 0.3) is 5.91 Å². The van der Waals surface area contributed by atoms with Crippen molar-refractivity contribution in [1.82, 2.24) is 4.90 Å². The van der Waals surface area contributed by atoms with Crippen LogP contribution in [0.2, 0.25) is 5.02 Å². The predicted octanol–water partition coefficient (Wildman–Crippen LogP) is 2.71. The van der Waals surface area contributed by atoms with Crippen molar-refractivity contribution in [2.24, 2.45) is 11.8 Å². The normalized spacial score (nSPS) is 32.4. The van der Waals surface area contributed by atoms with E-state index in [4.69, 9.17) is 25.5 Å². The van der Waals surface area contributed by atoms with Crippen LogP contribution in [0.15, 0.2) is 22.6 Å². The van der Waals surface area contributed by atoms with E-state index in [1.54, 1.807) is 30.2 Å². The van der Waals surface area contributed by atoms with Crippen LogP contribution in [0.5, 0.6) is 5.75 Å². The Labute approximate surface area is 155 Å². The molecule has 26 heavy (non-hydrogen) atoms. The lowest BCUT2D eigenvalue weighted by Crippen LogP contribution is -2.38. The van der Waals surface area contributed by atoms with Crippen molar-refractivity contribution in [2.75, 3.05) is 26.8 Å². The molecule has 2 aromatic rings. The standard InChI is InChI=1S/C19H20ClNO5/c1-24-15-6-11(20)4-10-5-16(25-17(10)15)18(23)21-7-13-12(8-22)14-2-3-19(13,9-21)26-14/h4-6,12-14,22H,2-3,7-9H2,1H3/t12-,13+,14+,19+/m1/s1. The Hall–Kier alpha value is -1.76. The average molecular weight is 378 g/mol. The number of halogens is 1. The molecule has 2 bridgehead atoms. The molecule has 5 rings (SSSR count). The summed E-state index contributed by atoms with van der Waals surface area (Å²) < 4.78 is 17.3. The molecule has 6 nitrogen and oxygen atoms in total. The molecule has 1 spiro atoms. The molecule has 0 saturated carbocycles. The molecule has 7 heteroatoms. The molecule has 0 radical (unpaired) electrons. The lowest BCUT2D eigenvalue weighted by molar-refractivity contribution is 0.00125. The maximum absolute atomic E-state index is 13.0. The molecule has 4 heterocycles. The van der Waals surface area contributed by atoms with Crippen LogP contribution in [0, 0.1) is 11.8 Å². The fourth-order valence-electron chi connectivity index (χ4n) is 5.09. The summed E-state index contributed by atoms with van der Waals surface area (Å²) in [7, 11) is 1.54. The lowest BCUT2D eigenvalue weighted by Gasteiger charge is -2.27. The number of aliphatic hydroxyl groups is 1. The number of fused-ring (bicyclic) bond motifs is 2. The number of likely N-dealkylation sites (tertiary alicyclic amines) is 1. The van der Waals surface area contributed by atoms with Crippen molar-refractivity contribution in [3.63, 3.8) is 0 Å². The number of methoxy groups -OCH3 is 1. The van der Waals surface area contributed by atoms with E-state index in [9.17, 15) is 9.90 Å². The minimum Gasteiger partial charge on any atom is -0.493 e. The van der Waals surface area contributed by atoms with Crippen molar-refractivity contribution in [3.8, 4) is 5.75 Å². The second-order valence-corrected chi connectivity index (χ2v) is 7.97. The van der Waals surface area contributed by atoms with Gasteiger partial charge in [-0.15, -0.1) is 0 Å². The number of benzene rings is 1. The summed E-state index contributed by atoms with van der Waals surface area (Å²) >= 11 is 6.10. The van der Waals surface area contributed by atoms with Gasteiger partial charge in [-0.1, -0.05) is 11.6 Å². The molecular weight excluding hydrogens is 358 g/mol. The van der Waals surface area contributed by atoms with E-state index in [1.165, 1.54) is 0 Å². The summed E-state index contributed by atoms with van der Waals surface area (Å²) in [6.07, 6.45) is 2.05. The Morgan fingerprint density at radius 3 is 3.08 bits per heavy atom. The van der Waals surface area contributed by atoms with Crippen LogP contribution in [0.25, 0.3) is 11.0 Å². The molecule has 3 aliphatic heterocycles. The van der Waals surface area contributed by atoms with Gasteiger partial charge in [-0.2, -0.15) is 0 Å². The fourth-order valence-corrected chi connectivity index (χ4v) is 5.30. The summed E-state index contributed by atoms with van der Waals surface area (Å²) in [4.78, 5) is 14.8. The SMILES string of the molecule is COc1cc(Cl)cc2cc(C(=O)N3C[C@H]4[C@@H](CO)[C@@H]5CC[C@@]4(C3)O5)oc12. The highest BCUT2D eigenvalue weighted by Gasteiger charge is 2.63. The number of carbonyl (C=O) groups excluding carboxylic acids is 1. The van der Waals surface area contributed by atoms with Gasteiger partial charge in [0.15, 0.2) is 17.1 Å². The van der Waals surface area contributed by atoms with E-state index in [0.717, 1.165) is 18.2 Å².